The van der Waals surface area contributed by atoms with Gasteiger partial charge >= 0.3 is 6.18 Å². The lowest BCUT2D eigenvalue weighted by Gasteiger charge is -2.34. The average molecular weight is 467 g/mol. The van der Waals surface area contributed by atoms with Crippen molar-refractivity contribution in [2.24, 2.45) is 0 Å². The summed E-state index contributed by atoms with van der Waals surface area (Å²) in [6, 6.07) is 10.8. The number of carbonyl (C=O) groups is 2. The first-order chi connectivity index (χ1) is 16.1. The van der Waals surface area contributed by atoms with Crippen molar-refractivity contribution in [1.82, 2.24) is 9.78 Å². The summed E-state index contributed by atoms with van der Waals surface area (Å²) in [7, 11) is 0. The third-order valence-electron chi connectivity index (χ3n) is 5.73. The molecule has 7 nitrogen and oxygen atoms in total. The summed E-state index contributed by atoms with van der Waals surface area (Å²) in [5, 5.41) is 16.2. The van der Waals surface area contributed by atoms with Crippen molar-refractivity contribution in [2.75, 3.05) is 10.2 Å². The average Bonchev–Trinajstić information content (AvgIpc) is 3.20. The number of hydrogen-bond donors (Lipinski definition) is 1. The van der Waals surface area contributed by atoms with Gasteiger partial charge in [0.1, 0.15) is 5.69 Å². The van der Waals surface area contributed by atoms with E-state index in [2.05, 4.69) is 16.5 Å². The number of benzene rings is 2. The van der Waals surface area contributed by atoms with Crippen molar-refractivity contribution < 1.29 is 22.8 Å². The van der Waals surface area contributed by atoms with Crippen LogP contribution in [-0.4, -0.2) is 27.6 Å². The largest absolute Gasteiger partial charge is 0.416 e. The Morgan fingerprint density at radius 2 is 1.94 bits per heavy atom. The normalized spacial score (nSPS) is 15.6. The monoisotopic (exact) mass is 467 g/mol. The van der Waals surface area contributed by atoms with Crippen LogP contribution in [0.4, 0.5) is 24.5 Å². The summed E-state index contributed by atoms with van der Waals surface area (Å²) in [4.78, 5) is 27.6. The van der Waals surface area contributed by atoms with E-state index in [9.17, 15) is 28.0 Å². The second kappa shape index (κ2) is 8.67. The van der Waals surface area contributed by atoms with E-state index < -0.39 is 23.6 Å². The third-order valence-corrected chi connectivity index (χ3v) is 5.73. The first-order valence-electron chi connectivity index (χ1n) is 10.5. The van der Waals surface area contributed by atoms with Crippen LogP contribution in [0.15, 0.2) is 48.7 Å². The zero-order valence-electron chi connectivity index (χ0n) is 18.3. The highest BCUT2D eigenvalue weighted by Crippen LogP contribution is 2.33. The van der Waals surface area contributed by atoms with Crippen molar-refractivity contribution in [3.05, 3.63) is 76.6 Å². The Morgan fingerprint density at radius 3 is 2.56 bits per heavy atom. The highest BCUT2D eigenvalue weighted by molar-refractivity contribution is 6.13. The van der Waals surface area contributed by atoms with Gasteiger partial charge in [0.25, 0.3) is 11.8 Å². The Morgan fingerprint density at radius 1 is 1.24 bits per heavy atom. The molecule has 2 aromatic carbocycles. The molecule has 1 aliphatic heterocycles. The number of fused-ring (bicyclic) bond motifs is 1. The fraction of sp³-hybridized carbons (Fsp3) is 0.250. The second-order valence-electron chi connectivity index (χ2n) is 7.95. The van der Waals surface area contributed by atoms with Gasteiger partial charge in [-0.05, 0) is 55.3 Å². The van der Waals surface area contributed by atoms with E-state index in [1.165, 1.54) is 34.0 Å². The van der Waals surface area contributed by atoms with E-state index in [-0.39, 0.29) is 23.0 Å². The number of nitrogens with zero attached hydrogens (tertiary/aromatic N) is 4. The van der Waals surface area contributed by atoms with Crippen LogP contribution in [0.25, 0.3) is 0 Å². The molecule has 0 fully saturated rings. The number of nitrogens with one attached hydrogen (secondary N) is 1. The molecule has 4 rings (SSSR count). The van der Waals surface area contributed by atoms with Gasteiger partial charge in [-0.15, -0.1) is 0 Å². The smallest absolute Gasteiger partial charge is 0.319 e. The Bertz CT molecular complexity index is 1310. The third kappa shape index (κ3) is 4.12. The molecular weight excluding hydrogens is 447 g/mol. The van der Waals surface area contributed by atoms with Crippen LogP contribution in [0.1, 0.15) is 51.4 Å². The zero-order chi connectivity index (χ0) is 24.6. The summed E-state index contributed by atoms with van der Waals surface area (Å²) >= 11 is 0. The topological polar surface area (TPSA) is 91.0 Å². The van der Waals surface area contributed by atoms with Gasteiger partial charge in [-0.2, -0.15) is 23.5 Å². The number of amides is 2. The van der Waals surface area contributed by atoms with Gasteiger partial charge in [0.15, 0.2) is 0 Å². The van der Waals surface area contributed by atoms with Crippen LogP contribution in [0.5, 0.6) is 0 Å². The van der Waals surface area contributed by atoms with Crippen molar-refractivity contribution in [2.45, 2.75) is 39.0 Å². The Balaban J connectivity index is 1.62. The predicted octanol–water partition coefficient (Wildman–Crippen LogP) is 4.64. The maximum Gasteiger partial charge on any atom is 0.416 e. The quantitative estimate of drug-likeness (QED) is 0.605. The first kappa shape index (κ1) is 23.0. The maximum atomic E-state index is 13.3. The fourth-order valence-electron chi connectivity index (χ4n) is 3.99. The number of aryl methyl sites for hydroxylation is 1. The molecular formula is C24H20F3N5O2. The van der Waals surface area contributed by atoms with Crippen LogP contribution in [0.3, 0.4) is 0 Å². The Hall–Kier alpha value is -4.13. The summed E-state index contributed by atoms with van der Waals surface area (Å²) in [5.74, 6) is -1.01. The lowest BCUT2D eigenvalue weighted by Crippen LogP contribution is -2.47. The molecule has 1 aromatic heterocycles. The lowest BCUT2D eigenvalue weighted by atomic mass is 10.0. The molecule has 34 heavy (non-hydrogen) atoms. The van der Waals surface area contributed by atoms with E-state index in [4.69, 9.17) is 0 Å². The molecule has 174 valence electrons. The van der Waals surface area contributed by atoms with Crippen LogP contribution in [-0.2, 0) is 19.1 Å². The Labute approximate surface area is 193 Å². The van der Waals surface area contributed by atoms with Gasteiger partial charge in [0, 0.05) is 11.3 Å². The molecule has 0 radical (unpaired) electrons. The molecule has 1 aliphatic rings. The van der Waals surface area contributed by atoms with Crippen molar-refractivity contribution >= 4 is 23.2 Å². The summed E-state index contributed by atoms with van der Waals surface area (Å²) in [5.41, 5.74) is 1.27. The first-order valence-corrected chi connectivity index (χ1v) is 10.5. The number of alkyl halides is 3. The molecule has 0 spiro atoms. The van der Waals surface area contributed by atoms with Gasteiger partial charge in [0.05, 0.1) is 41.7 Å². The Kier molecular flexibility index (Phi) is 5.87. The maximum absolute atomic E-state index is 13.3. The highest BCUT2D eigenvalue weighted by atomic mass is 19.4. The molecule has 0 saturated carbocycles. The molecule has 10 heteroatoms. The van der Waals surface area contributed by atoms with Gasteiger partial charge in [-0.3, -0.25) is 14.3 Å². The number of hydrogen-bond acceptors (Lipinski definition) is 4. The number of aromatic nitrogens is 2. The molecule has 0 bridgehead atoms. The molecule has 0 saturated heterocycles. The molecule has 2 heterocycles. The van der Waals surface area contributed by atoms with Gasteiger partial charge < -0.3 is 10.2 Å². The number of anilines is 2. The van der Waals surface area contributed by atoms with Crippen molar-refractivity contribution in [1.29, 1.82) is 5.26 Å². The van der Waals surface area contributed by atoms with E-state index in [0.29, 0.717) is 24.2 Å². The second-order valence-corrected chi connectivity index (χ2v) is 7.95. The molecule has 1 N–H and O–H groups in total. The van der Waals surface area contributed by atoms with Gasteiger partial charge in [-0.25, -0.2) is 0 Å². The van der Waals surface area contributed by atoms with Crippen LogP contribution in [0, 0.1) is 11.3 Å². The minimum atomic E-state index is -4.48. The molecule has 0 aliphatic carbocycles. The number of nitriles is 1. The van der Waals surface area contributed by atoms with Crippen LogP contribution >= 0.6 is 0 Å². The number of rotatable bonds is 4. The van der Waals surface area contributed by atoms with E-state index >= 15 is 0 Å². The minimum Gasteiger partial charge on any atom is -0.319 e. The standard InChI is InChI=1S/C24H20F3N5O2/c1-3-15-4-5-16(10-17(15)11-28)22(33)30-20-12-29-31-13-14(2)32(23(34)21(20)31)19-8-6-18(7-9-19)24(25,26)27/h4-10,12,14H,3,13H2,1-2H3,(H,30,33)/t14-/m0/s1. The summed E-state index contributed by atoms with van der Waals surface area (Å²) < 4.78 is 40.2. The zero-order valence-corrected chi connectivity index (χ0v) is 18.3. The molecule has 0 unspecified atom stereocenters. The van der Waals surface area contributed by atoms with E-state index in [1.54, 1.807) is 19.1 Å². The van der Waals surface area contributed by atoms with Crippen LogP contribution < -0.4 is 10.2 Å². The van der Waals surface area contributed by atoms with E-state index in [1.807, 2.05) is 6.92 Å². The summed E-state index contributed by atoms with van der Waals surface area (Å²) in [6.45, 7) is 3.96. The number of halogens is 3. The van der Waals surface area contributed by atoms with Crippen molar-refractivity contribution in [3.63, 3.8) is 0 Å². The molecule has 3 aromatic rings. The predicted molar refractivity (Wildman–Crippen MR) is 118 cm³/mol. The lowest BCUT2D eigenvalue weighted by molar-refractivity contribution is -0.137. The fourth-order valence-corrected chi connectivity index (χ4v) is 3.99. The van der Waals surface area contributed by atoms with Gasteiger partial charge in [-0.1, -0.05) is 13.0 Å². The molecule has 2 amide bonds. The van der Waals surface area contributed by atoms with E-state index in [0.717, 1.165) is 17.7 Å². The number of carbonyl (C=O) groups excluding carboxylic acids is 2. The minimum absolute atomic E-state index is 0.122. The van der Waals surface area contributed by atoms with Gasteiger partial charge in [0.2, 0.25) is 0 Å². The van der Waals surface area contributed by atoms with Crippen molar-refractivity contribution in [3.8, 4) is 6.07 Å². The SMILES string of the molecule is CCc1ccc(C(=O)Nc2cnn3c2C(=O)N(c2ccc(C(F)(F)F)cc2)[C@@H](C)C3)cc1C#N. The highest BCUT2D eigenvalue weighted by Gasteiger charge is 2.36. The van der Waals surface area contributed by atoms with Crippen LogP contribution in [0.2, 0.25) is 0 Å². The summed E-state index contributed by atoms with van der Waals surface area (Å²) in [6.07, 6.45) is -2.47. The molecule has 1 atom stereocenters.